The quantitative estimate of drug-likeness (QED) is 0.850. The van der Waals surface area contributed by atoms with Gasteiger partial charge in [0, 0.05) is 18.0 Å². The van der Waals surface area contributed by atoms with E-state index >= 15 is 0 Å². The second-order valence-corrected chi connectivity index (χ2v) is 9.63. The molecule has 0 aliphatic carbocycles. The predicted molar refractivity (Wildman–Crippen MR) is 93.8 cm³/mol. The Morgan fingerprint density at radius 2 is 2.22 bits per heavy atom. The first-order valence-corrected chi connectivity index (χ1v) is 10.8. The van der Waals surface area contributed by atoms with Gasteiger partial charge in [0.25, 0.3) is 0 Å². The second kappa shape index (κ2) is 7.77. The molecular weight excluding hydrogens is 332 g/mol. The molecular formula is C16H26N2O3S2. The van der Waals surface area contributed by atoms with E-state index in [1.54, 1.807) is 11.3 Å². The average Bonchev–Trinajstić information content (AvgIpc) is 2.99. The third-order valence-electron chi connectivity index (χ3n) is 4.13. The van der Waals surface area contributed by atoms with Crippen LogP contribution in [0.1, 0.15) is 44.0 Å². The van der Waals surface area contributed by atoms with Crippen molar-refractivity contribution >= 4 is 27.3 Å². The van der Waals surface area contributed by atoms with Crippen molar-refractivity contribution in [1.82, 2.24) is 9.62 Å². The summed E-state index contributed by atoms with van der Waals surface area (Å²) in [5.74, 6) is 0.187. The molecule has 0 radical (unpaired) electrons. The van der Waals surface area contributed by atoms with Gasteiger partial charge in [0.05, 0.1) is 18.2 Å². The van der Waals surface area contributed by atoms with E-state index in [9.17, 15) is 13.2 Å². The van der Waals surface area contributed by atoms with E-state index in [0.29, 0.717) is 19.0 Å². The van der Waals surface area contributed by atoms with Gasteiger partial charge in [-0.15, -0.1) is 11.3 Å². The molecule has 130 valence electrons. The third kappa shape index (κ3) is 5.29. The topological polar surface area (TPSA) is 66.5 Å². The number of carbonyl (C=O) groups is 1. The molecule has 0 bridgehead atoms. The van der Waals surface area contributed by atoms with E-state index in [2.05, 4.69) is 19.2 Å². The SMILES string of the molecule is CC(C)C[C@H](NC(=O)[C@H]1CCCN(S(C)(=O)=O)C1)c1cccs1. The highest BCUT2D eigenvalue weighted by atomic mass is 32.2. The summed E-state index contributed by atoms with van der Waals surface area (Å²) in [6, 6.07) is 4.05. The van der Waals surface area contributed by atoms with Gasteiger partial charge < -0.3 is 5.32 Å². The Kier molecular flexibility index (Phi) is 6.22. The van der Waals surface area contributed by atoms with Crippen molar-refractivity contribution in [2.45, 2.75) is 39.2 Å². The molecule has 1 N–H and O–H groups in total. The summed E-state index contributed by atoms with van der Waals surface area (Å²) in [5, 5.41) is 5.16. The summed E-state index contributed by atoms with van der Waals surface area (Å²) in [6.45, 7) is 5.09. The van der Waals surface area contributed by atoms with Crippen LogP contribution in [0.2, 0.25) is 0 Å². The Balaban J connectivity index is 2.03. The minimum absolute atomic E-state index is 0.0103. The summed E-state index contributed by atoms with van der Waals surface area (Å²) in [5.41, 5.74) is 0. The lowest BCUT2D eigenvalue weighted by Gasteiger charge is -2.31. The van der Waals surface area contributed by atoms with E-state index in [1.807, 2.05) is 17.5 Å². The lowest BCUT2D eigenvalue weighted by atomic mass is 9.97. The summed E-state index contributed by atoms with van der Waals surface area (Å²) in [4.78, 5) is 13.8. The number of hydrogen-bond acceptors (Lipinski definition) is 4. The molecule has 0 spiro atoms. The summed E-state index contributed by atoms with van der Waals surface area (Å²) in [6.07, 6.45) is 3.57. The monoisotopic (exact) mass is 358 g/mol. The highest BCUT2D eigenvalue weighted by Crippen LogP contribution is 2.27. The molecule has 1 aromatic rings. The fourth-order valence-corrected chi connectivity index (χ4v) is 4.66. The first kappa shape index (κ1) is 18.4. The normalized spacial score (nSPS) is 21.3. The predicted octanol–water partition coefficient (Wildman–Crippen LogP) is 2.62. The zero-order valence-electron chi connectivity index (χ0n) is 14.0. The molecule has 0 aromatic carbocycles. The van der Waals surface area contributed by atoms with Gasteiger partial charge in [-0.1, -0.05) is 19.9 Å². The molecule has 23 heavy (non-hydrogen) atoms. The van der Waals surface area contributed by atoms with Gasteiger partial charge in [-0.3, -0.25) is 4.79 Å². The largest absolute Gasteiger partial charge is 0.348 e. The van der Waals surface area contributed by atoms with Crippen LogP contribution in [0, 0.1) is 11.8 Å². The highest BCUT2D eigenvalue weighted by molar-refractivity contribution is 7.88. The van der Waals surface area contributed by atoms with Crippen molar-refractivity contribution in [2.24, 2.45) is 11.8 Å². The van der Waals surface area contributed by atoms with Gasteiger partial charge in [0.15, 0.2) is 0 Å². The fraction of sp³-hybridized carbons (Fsp3) is 0.688. The molecule has 0 unspecified atom stereocenters. The molecule has 1 aliphatic heterocycles. The van der Waals surface area contributed by atoms with Gasteiger partial charge in [-0.25, -0.2) is 12.7 Å². The Morgan fingerprint density at radius 3 is 2.78 bits per heavy atom. The van der Waals surface area contributed by atoms with Crippen molar-refractivity contribution in [1.29, 1.82) is 0 Å². The van der Waals surface area contributed by atoms with Crippen LogP contribution in [0.15, 0.2) is 17.5 Å². The number of hydrogen-bond donors (Lipinski definition) is 1. The number of carbonyl (C=O) groups excluding carboxylic acids is 1. The zero-order valence-corrected chi connectivity index (χ0v) is 15.6. The number of rotatable bonds is 6. The zero-order chi connectivity index (χ0) is 17.0. The standard InChI is InChI=1S/C16H26N2O3S2/c1-12(2)10-14(15-7-5-9-22-15)17-16(19)13-6-4-8-18(11-13)23(3,20)21/h5,7,9,12-14H,4,6,8,10-11H2,1-3H3,(H,17,19)/t13-,14-/m0/s1. The number of thiophene rings is 1. The molecule has 5 nitrogen and oxygen atoms in total. The highest BCUT2D eigenvalue weighted by Gasteiger charge is 2.31. The van der Waals surface area contributed by atoms with Crippen molar-refractivity contribution in [3.05, 3.63) is 22.4 Å². The van der Waals surface area contributed by atoms with Crippen LogP contribution in [0.4, 0.5) is 0 Å². The molecule has 1 saturated heterocycles. The molecule has 1 amide bonds. The number of nitrogens with one attached hydrogen (secondary N) is 1. The van der Waals surface area contributed by atoms with Crippen LogP contribution < -0.4 is 5.32 Å². The molecule has 0 saturated carbocycles. The maximum atomic E-state index is 12.6. The minimum atomic E-state index is -3.23. The Labute approximate surface area is 143 Å². The summed E-state index contributed by atoms with van der Waals surface area (Å²) in [7, 11) is -3.23. The minimum Gasteiger partial charge on any atom is -0.348 e. The molecule has 1 aliphatic rings. The first-order valence-electron chi connectivity index (χ1n) is 8.06. The Bertz CT molecular complexity index is 611. The lowest BCUT2D eigenvalue weighted by molar-refractivity contribution is -0.126. The van der Waals surface area contributed by atoms with E-state index in [4.69, 9.17) is 0 Å². The van der Waals surface area contributed by atoms with Gasteiger partial charge in [0.2, 0.25) is 15.9 Å². The van der Waals surface area contributed by atoms with Gasteiger partial charge in [-0.05, 0) is 36.6 Å². The Hall–Kier alpha value is -0.920. The van der Waals surface area contributed by atoms with Gasteiger partial charge in [-0.2, -0.15) is 0 Å². The van der Waals surface area contributed by atoms with Crippen molar-refractivity contribution in [3.63, 3.8) is 0 Å². The van der Waals surface area contributed by atoms with Crippen LogP contribution >= 0.6 is 11.3 Å². The molecule has 2 atom stereocenters. The van der Waals surface area contributed by atoms with Crippen LogP contribution in [0.5, 0.6) is 0 Å². The van der Waals surface area contributed by atoms with E-state index in [-0.39, 0.29) is 17.9 Å². The fourth-order valence-electron chi connectivity index (χ4n) is 2.95. The smallest absolute Gasteiger partial charge is 0.224 e. The number of amides is 1. The number of piperidine rings is 1. The van der Waals surface area contributed by atoms with Crippen molar-refractivity contribution in [3.8, 4) is 0 Å². The Morgan fingerprint density at radius 1 is 1.48 bits per heavy atom. The molecule has 7 heteroatoms. The maximum absolute atomic E-state index is 12.6. The maximum Gasteiger partial charge on any atom is 0.224 e. The van der Waals surface area contributed by atoms with Crippen LogP contribution in [-0.4, -0.2) is 38.0 Å². The first-order chi connectivity index (χ1) is 10.8. The van der Waals surface area contributed by atoms with Gasteiger partial charge >= 0.3 is 0 Å². The lowest BCUT2D eigenvalue weighted by Crippen LogP contribution is -2.45. The van der Waals surface area contributed by atoms with E-state index in [1.165, 1.54) is 10.6 Å². The van der Waals surface area contributed by atoms with E-state index in [0.717, 1.165) is 24.1 Å². The van der Waals surface area contributed by atoms with Crippen LogP contribution in [-0.2, 0) is 14.8 Å². The molecule has 1 aromatic heterocycles. The molecule has 2 rings (SSSR count). The third-order valence-corrected chi connectivity index (χ3v) is 6.39. The molecule has 2 heterocycles. The van der Waals surface area contributed by atoms with Crippen molar-refractivity contribution < 1.29 is 13.2 Å². The van der Waals surface area contributed by atoms with Crippen LogP contribution in [0.3, 0.4) is 0 Å². The summed E-state index contributed by atoms with van der Waals surface area (Å²) < 4.78 is 24.8. The summed E-state index contributed by atoms with van der Waals surface area (Å²) >= 11 is 1.65. The van der Waals surface area contributed by atoms with Crippen LogP contribution in [0.25, 0.3) is 0 Å². The number of nitrogens with zero attached hydrogens (tertiary/aromatic N) is 1. The average molecular weight is 359 g/mol. The molecule has 1 fully saturated rings. The van der Waals surface area contributed by atoms with Gasteiger partial charge in [0.1, 0.15) is 0 Å². The van der Waals surface area contributed by atoms with E-state index < -0.39 is 10.0 Å². The van der Waals surface area contributed by atoms with Crippen molar-refractivity contribution in [2.75, 3.05) is 19.3 Å². The second-order valence-electron chi connectivity index (χ2n) is 6.67. The number of sulfonamides is 1.